The van der Waals surface area contributed by atoms with Crippen LogP contribution in [0, 0.1) is 30.5 Å². The van der Waals surface area contributed by atoms with Crippen LogP contribution in [0.4, 0.5) is 14.9 Å². The number of aryl methyl sites for hydroxylation is 1. The molecule has 13 heteroatoms. The molecule has 2 aromatic heterocycles. The Hall–Kier alpha value is -4.59. The lowest BCUT2D eigenvalue weighted by Crippen LogP contribution is -2.58. The van der Waals surface area contributed by atoms with E-state index >= 15 is 4.39 Å². The number of aromatic nitrogens is 3. The highest BCUT2D eigenvalue weighted by molar-refractivity contribution is 7.91. The van der Waals surface area contributed by atoms with Crippen LogP contribution in [0.25, 0.3) is 6.08 Å². The number of methoxy groups -OCH3 is 1. The van der Waals surface area contributed by atoms with Crippen LogP contribution in [-0.4, -0.2) is 98.8 Å². The molecule has 2 saturated heterocycles. The lowest BCUT2D eigenvalue weighted by atomic mass is 9.64. The van der Waals surface area contributed by atoms with Crippen LogP contribution in [0.3, 0.4) is 0 Å². The van der Waals surface area contributed by atoms with Crippen molar-refractivity contribution < 1.29 is 22.3 Å². The molecule has 4 heterocycles. The van der Waals surface area contributed by atoms with Crippen LogP contribution in [-0.2, 0) is 26.7 Å². The molecule has 56 heavy (non-hydrogen) atoms. The smallest absolute Gasteiger partial charge is 0.407 e. The molecule has 11 nitrogen and oxygen atoms in total. The van der Waals surface area contributed by atoms with Crippen molar-refractivity contribution in [2.45, 2.75) is 66.9 Å². The van der Waals surface area contributed by atoms with Gasteiger partial charge in [-0.3, -0.25) is 4.98 Å². The maximum Gasteiger partial charge on any atom is 0.407 e. The molecule has 0 bridgehead atoms. The number of alkyl carbamates (subject to hydrolysis) is 1. The Labute approximate surface area is 330 Å². The van der Waals surface area contributed by atoms with Crippen molar-refractivity contribution in [3.05, 3.63) is 108 Å². The lowest BCUT2D eigenvalue weighted by Gasteiger charge is -2.52. The molecular weight excluding hydrogens is 730 g/mol. The van der Waals surface area contributed by atoms with E-state index < -0.39 is 21.5 Å². The molecule has 2 aromatic carbocycles. The highest BCUT2D eigenvalue weighted by atomic mass is 32.2. The number of anilines is 1. The molecule has 0 spiro atoms. The van der Waals surface area contributed by atoms with E-state index in [1.165, 1.54) is 25.4 Å². The van der Waals surface area contributed by atoms with Crippen LogP contribution < -0.4 is 10.2 Å². The number of carbonyl (C=O) groups excluding carboxylic acids is 1. The fourth-order valence-corrected chi connectivity index (χ4v) is 11.3. The Morgan fingerprint density at radius 1 is 1.05 bits per heavy atom. The molecule has 298 valence electrons. The second-order valence-electron chi connectivity index (χ2n) is 16.0. The van der Waals surface area contributed by atoms with E-state index in [1.807, 2.05) is 50.4 Å². The van der Waals surface area contributed by atoms with E-state index in [4.69, 9.17) is 4.74 Å². The normalized spacial score (nSPS) is 20.8. The summed E-state index contributed by atoms with van der Waals surface area (Å²) in [6.45, 7) is 10.8. The molecule has 3 atom stereocenters. The first kappa shape index (κ1) is 39.6. The molecule has 3 aliphatic rings. The number of pyridine rings is 1. The molecule has 3 fully saturated rings. The van der Waals surface area contributed by atoms with Gasteiger partial charge in [0.2, 0.25) is 9.84 Å². The second-order valence-corrected chi connectivity index (χ2v) is 17.9. The Kier molecular flexibility index (Phi) is 11.7. The number of hydrogen-bond donors (Lipinski definition) is 1. The monoisotopic (exact) mass is 783 g/mol. The molecule has 1 saturated carbocycles. The first-order chi connectivity index (χ1) is 26.9. The van der Waals surface area contributed by atoms with E-state index in [0.717, 1.165) is 87.5 Å². The standard InChI is InChI=1S/C43H54FN7O4S/c1-6-36-25-38(15-18-46-36)56(53,54)41-14-13-37(23-32(41)29-48(3)4)50-27-31(28-50)26-49-20-16-33(17-21-49)43(51-22-19-45-30(51)2,34-9-7-10-35(44)24-34)39-11-8-12-40(39)47-42(52)55-5/h6-7,9-10,13-15,18-19,22-25,31,33,39-40H,1,8,11-12,16-17,20-21,26-29H2,2-5H3,(H,47,52)/t39-,40-,43?/m0/s1. The average Bonchev–Trinajstić information content (AvgIpc) is 3.82. The fraction of sp³-hybridized carbons (Fsp3) is 0.465. The number of halogens is 1. The summed E-state index contributed by atoms with van der Waals surface area (Å²) >= 11 is 0. The first-order valence-electron chi connectivity index (χ1n) is 19.6. The van der Waals surface area contributed by atoms with Gasteiger partial charge in [-0.25, -0.2) is 22.6 Å². The van der Waals surface area contributed by atoms with Gasteiger partial charge in [0.05, 0.1) is 28.1 Å². The third-order valence-electron chi connectivity index (χ3n) is 12.2. The van der Waals surface area contributed by atoms with E-state index in [-0.39, 0.29) is 28.6 Å². The quantitative estimate of drug-likeness (QED) is 0.165. The Morgan fingerprint density at radius 3 is 2.52 bits per heavy atom. The maximum absolute atomic E-state index is 15.1. The molecule has 1 aliphatic carbocycles. The third kappa shape index (κ3) is 7.73. The zero-order chi connectivity index (χ0) is 39.6. The van der Waals surface area contributed by atoms with Crippen molar-refractivity contribution in [2.24, 2.45) is 17.8 Å². The zero-order valence-corrected chi connectivity index (χ0v) is 33.7. The molecule has 1 unspecified atom stereocenters. The summed E-state index contributed by atoms with van der Waals surface area (Å²) in [6, 6.07) is 15.7. The number of imidazole rings is 1. The van der Waals surface area contributed by atoms with Gasteiger partial charge in [0.15, 0.2) is 0 Å². The lowest BCUT2D eigenvalue weighted by molar-refractivity contribution is 0.0457. The van der Waals surface area contributed by atoms with Gasteiger partial charge in [-0.05, 0) is 125 Å². The highest BCUT2D eigenvalue weighted by Crippen LogP contribution is 2.52. The van der Waals surface area contributed by atoms with E-state index in [2.05, 4.69) is 42.3 Å². The summed E-state index contributed by atoms with van der Waals surface area (Å²) in [5, 5.41) is 3.15. The van der Waals surface area contributed by atoms with Crippen LogP contribution in [0.2, 0.25) is 0 Å². The highest BCUT2D eigenvalue weighted by Gasteiger charge is 2.54. The number of sulfone groups is 1. The van der Waals surface area contributed by atoms with E-state index in [1.54, 1.807) is 30.3 Å². The molecule has 0 radical (unpaired) electrons. The van der Waals surface area contributed by atoms with Gasteiger partial charge in [0, 0.05) is 68.3 Å². The SMILES string of the molecule is C=Cc1cc(S(=O)(=O)c2ccc(N3CC(CN4CCC(C(c5cccc(F)c5)([C@H]5CCC[C@@H]5NC(=O)OC)n5ccnc5C)CC4)C3)cc2CN(C)C)ccn1. The molecule has 4 aromatic rings. The van der Waals surface area contributed by atoms with Crippen LogP contribution >= 0.6 is 0 Å². The minimum absolute atomic E-state index is 0.0149. The number of benzene rings is 2. The fourth-order valence-electron chi connectivity index (χ4n) is 9.78. The maximum atomic E-state index is 15.1. The van der Waals surface area contributed by atoms with Crippen molar-refractivity contribution in [1.82, 2.24) is 29.7 Å². The number of ether oxygens (including phenoxy) is 1. The molecular formula is C43H54FN7O4S. The number of rotatable bonds is 13. The van der Waals surface area contributed by atoms with Crippen molar-refractivity contribution >= 4 is 27.7 Å². The second kappa shape index (κ2) is 16.5. The van der Waals surface area contributed by atoms with Crippen LogP contribution in [0.1, 0.15) is 54.7 Å². The summed E-state index contributed by atoms with van der Waals surface area (Å²) in [4.78, 5) is 28.8. The molecule has 1 amide bonds. The number of nitrogens with one attached hydrogen (secondary N) is 1. The number of piperidine rings is 1. The minimum atomic E-state index is -3.76. The molecule has 7 rings (SSSR count). The number of amides is 1. The number of likely N-dealkylation sites (tertiary alicyclic amines) is 1. The topological polar surface area (TPSA) is 113 Å². The van der Waals surface area contributed by atoms with Gasteiger partial charge in [-0.2, -0.15) is 0 Å². The van der Waals surface area contributed by atoms with Gasteiger partial charge in [-0.1, -0.05) is 25.1 Å². The van der Waals surface area contributed by atoms with Gasteiger partial charge >= 0.3 is 6.09 Å². The van der Waals surface area contributed by atoms with E-state index in [0.29, 0.717) is 23.1 Å². The van der Waals surface area contributed by atoms with Crippen LogP contribution in [0.5, 0.6) is 0 Å². The summed E-state index contributed by atoms with van der Waals surface area (Å²) in [6.07, 6.45) is 11.0. The van der Waals surface area contributed by atoms with Gasteiger partial charge in [-0.15, -0.1) is 0 Å². The zero-order valence-electron chi connectivity index (χ0n) is 32.9. The summed E-state index contributed by atoms with van der Waals surface area (Å²) in [5.41, 5.74) is 2.61. The predicted molar refractivity (Wildman–Crippen MR) is 216 cm³/mol. The van der Waals surface area contributed by atoms with Crippen LogP contribution in [0.15, 0.2) is 89.6 Å². The van der Waals surface area contributed by atoms with E-state index in [9.17, 15) is 13.2 Å². The molecule has 1 N–H and O–H groups in total. The predicted octanol–water partition coefficient (Wildman–Crippen LogP) is 6.38. The number of nitrogens with zero attached hydrogens (tertiary/aromatic N) is 6. The van der Waals surface area contributed by atoms with Gasteiger partial charge in [0.25, 0.3) is 0 Å². The Morgan fingerprint density at radius 2 is 1.84 bits per heavy atom. The van der Waals surface area contributed by atoms with Gasteiger partial charge in [0.1, 0.15) is 11.6 Å². The summed E-state index contributed by atoms with van der Waals surface area (Å²) in [7, 11) is 1.52. The summed E-state index contributed by atoms with van der Waals surface area (Å²) in [5.74, 6) is 1.27. The third-order valence-corrected chi connectivity index (χ3v) is 14.1. The summed E-state index contributed by atoms with van der Waals surface area (Å²) < 4.78 is 50.1. The Bertz CT molecular complexity index is 2140. The van der Waals surface area contributed by atoms with Crippen molar-refractivity contribution in [3.8, 4) is 0 Å². The van der Waals surface area contributed by atoms with Crippen molar-refractivity contribution in [2.75, 3.05) is 58.8 Å². The van der Waals surface area contributed by atoms with Crippen molar-refractivity contribution in [3.63, 3.8) is 0 Å². The largest absolute Gasteiger partial charge is 0.453 e. The van der Waals surface area contributed by atoms with Gasteiger partial charge < -0.3 is 29.3 Å². The number of carbonyl (C=O) groups is 1. The Balaban J connectivity index is 1.07. The number of hydrogen-bond acceptors (Lipinski definition) is 9. The average molecular weight is 784 g/mol. The molecule has 2 aliphatic heterocycles. The minimum Gasteiger partial charge on any atom is -0.453 e. The van der Waals surface area contributed by atoms with Crippen molar-refractivity contribution in [1.29, 1.82) is 0 Å². The first-order valence-corrected chi connectivity index (χ1v) is 21.1.